The number of carbonyl (C=O) groups is 1. The van der Waals surface area contributed by atoms with E-state index in [4.69, 9.17) is 0 Å². The van der Waals surface area contributed by atoms with Crippen molar-refractivity contribution in [3.05, 3.63) is 60.8 Å². The first-order valence-corrected chi connectivity index (χ1v) is 8.36. The van der Waals surface area contributed by atoms with Crippen molar-refractivity contribution < 1.29 is 9.90 Å². The Morgan fingerprint density at radius 2 is 1.52 bits per heavy atom. The number of aliphatic hydroxyl groups is 1. The number of rotatable bonds is 11. The van der Waals surface area contributed by atoms with Gasteiger partial charge < -0.3 is 10.4 Å². The van der Waals surface area contributed by atoms with E-state index in [0.29, 0.717) is 19.4 Å². The highest BCUT2D eigenvalue weighted by atomic mass is 16.3. The van der Waals surface area contributed by atoms with Crippen molar-refractivity contribution in [2.45, 2.75) is 52.1 Å². The molecule has 0 aromatic rings. The molecule has 0 heterocycles. The molecule has 23 heavy (non-hydrogen) atoms. The van der Waals surface area contributed by atoms with Gasteiger partial charge in [-0.1, -0.05) is 68.5 Å². The predicted molar refractivity (Wildman–Crippen MR) is 99.1 cm³/mol. The van der Waals surface area contributed by atoms with Crippen LogP contribution in [0.15, 0.2) is 60.8 Å². The molecule has 0 aromatic carbocycles. The maximum atomic E-state index is 11.6. The van der Waals surface area contributed by atoms with Crippen molar-refractivity contribution in [1.29, 1.82) is 0 Å². The Morgan fingerprint density at radius 1 is 0.957 bits per heavy atom. The number of carbonyl (C=O) groups excluding carboxylic acids is 1. The van der Waals surface area contributed by atoms with E-state index in [0.717, 1.165) is 12.8 Å². The summed E-state index contributed by atoms with van der Waals surface area (Å²) in [5.41, 5.74) is -0.799. The smallest absolute Gasteiger partial charge is 0.244 e. The van der Waals surface area contributed by atoms with Gasteiger partial charge in [-0.15, -0.1) is 0 Å². The van der Waals surface area contributed by atoms with E-state index >= 15 is 0 Å². The highest BCUT2D eigenvalue weighted by Crippen LogP contribution is 2.12. The third-order valence-electron chi connectivity index (χ3n) is 3.56. The van der Waals surface area contributed by atoms with Crippen LogP contribution in [0.4, 0.5) is 0 Å². The van der Waals surface area contributed by atoms with Crippen molar-refractivity contribution in [1.82, 2.24) is 5.32 Å². The van der Waals surface area contributed by atoms with Crippen LogP contribution < -0.4 is 5.32 Å². The summed E-state index contributed by atoms with van der Waals surface area (Å²) in [5.74, 6) is -0.177. The molecule has 0 unspecified atom stereocenters. The molecule has 3 nitrogen and oxygen atoms in total. The van der Waals surface area contributed by atoms with Crippen molar-refractivity contribution in [3.8, 4) is 0 Å². The third kappa shape index (κ3) is 12.4. The minimum Gasteiger partial charge on any atom is -0.388 e. The molecule has 3 heteroatoms. The zero-order valence-electron chi connectivity index (χ0n) is 14.7. The lowest BCUT2D eigenvalue weighted by Crippen LogP contribution is -2.41. The van der Waals surface area contributed by atoms with E-state index < -0.39 is 5.60 Å². The molecule has 0 fully saturated rings. The molecule has 0 aliphatic rings. The molecular formula is C20H31NO2. The molecule has 0 aromatic heterocycles. The fourth-order valence-corrected chi connectivity index (χ4v) is 1.73. The monoisotopic (exact) mass is 317 g/mol. The highest BCUT2D eigenvalue weighted by molar-refractivity contribution is 5.87. The number of hydrogen-bond donors (Lipinski definition) is 2. The first-order chi connectivity index (χ1) is 11.1. The van der Waals surface area contributed by atoms with E-state index in [2.05, 4.69) is 11.4 Å². The van der Waals surface area contributed by atoms with Gasteiger partial charge in [0, 0.05) is 12.6 Å². The van der Waals surface area contributed by atoms with Gasteiger partial charge in [-0.2, -0.15) is 0 Å². The summed E-state index contributed by atoms with van der Waals surface area (Å²) in [6.45, 7) is 6.11. The summed E-state index contributed by atoms with van der Waals surface area (Å²) in [5, 5.41) is 12.8. The van der Waals surface area contributed by atoms with Gasteiger partial charge in [0.2, 0.25) is 5.91 Å². The van der Waals surface area contributed by atoms with E-state index in [-0.39, 0.29) is 5.91 Å². The van der Waals surface area contributed by atoms with Gasteiger partial charge in [0.25, 0.3) is 0 Å². The summed E-state index contributed by atoms with van der Waals surface area (Å²) < 4.78 is 0. The fourth-order valence-electron chi connectivity index (χ4n) is 1.73. The summed E-state index contributed by atoms with van der Waals surface area (Å²) in [6, 6.07) is 0. The Morgan fingerprint density at radius 3 is 2.09 bits per heavy atom. The quantitative estimate of drug-likeness (QED) is 0.340. The molecule has 0 rings (SSSR count). The SMILES string of the molecule is CC=CC=CC=CCCC=CC=CC(=O)NCC(O)(CC)CC. The van der Waals surface area contributed by atoms with Crippen molar-refractivity contribution in [3.63, 3.8) is 0 Å². The maximum absolute atomic E-state index is 11.6. The van der Waals surface area contributed by atoms with Crippen LogP contribution in [0.25, 0.3) is 0 Å². The standard InChI is InChI=1S/C20H31NO2/c1-4-7-8-9-10-11-12-13-14-15-16-17-19(22)21-18-20(23,5-2)6-3/h4,7-11,14-17,23H,5-6,12-13,18H2,1-3H3,(H,21,22). The molecule has 0 atom stereocenters. The first-order valence-electron chi connectivity index (χ1n) is 8.36. The molecule has 0 aliphatic carbocycles. The Kier molecular flexibility index (Phi) is 12.7. The van der Waals surface area contributed by atoms with E-state index in [1.165, 1.54) is 6.08 Å². The lowest BCUT2D eigenvalue weighted by Gasteiger charge is -2.24. The van der Waals surface area contributed by atoms with Gasteiger partial charge in [-0.3, -0.25) is 4.79 Å². The van der Waals surface area contributed by atoms with Gasteiger partial charge >= 0.3 is 0 Å². The van der Waals surface area contributed by atoms with Crippen LogP contribution in [0.5, 0.6) is 0 Å². The summed E-state index contributed by atoms with van der Waals surface area (Å²) >= 11 is 0. The van der Waals surface area contributed by atoms with Crippen LogP contribution in [0.3, 0.4) is 0 Å². The Bertz CT molecular complexity index is 452. The van der Waals surface area contributed by atoms with Crippen molar-refractivity contribution in [2.75, 3.05) is 6.54 Å². The Hall–Kier alpha value is -1.87. The second kappa shape index (κ2) is 13.8. The van der Waals surface area contributed by atoms with Crippen molar-refractivity contribution in [2.24, 2.45) is 0 Å². The predicted octanol–water partition coefficient (Wildman–Crippen LogP) is 4.23. The zero-order chi connectivity index (χ0) is 17.4. The average Bonchev–Trinajstić information content (AvgIpc) is 2.57. The largest absolute Gasteiger partial charge is 0.388 e. The molecule has 0 spiro atoms. The molecule has 2 N–H and O–H groups in total. The molecule has 1 amide bonds. The number of hydrogen-bond acceptors (Lipinski definition) is 2. The van der Waals surface area contributed by atoms with E-state index in [1.54, 1.807) is 6.08 Å². The van der Waals surface area contributed by atoms with Crippen LogP contribution in [0.2, 0.25) is 0 Å². The zero-order valence-corrected chi connectivity index (χ0v) is 14.7. The second-order valence-electron chi connectivity index (χ2n) is 5.35. The minimum atomic E-state index is -0.799. The van der Waals surface area contributed by atoms with Crippen LogP contribution in [0, 0.1) is 0 Å². The summed E-state index contributed by atoms with van der Waals surface area (Å²) in [6.07, 6.45) is 22.4. The second-order valence-corrected chi connectivity index (χ2v) is 5.35. The van der Waals surface area contributed by atoms with Gasteiger partial charge in [-0.25, -0.2) is 0 Å². The normalized spacial score (nSPS) is 13.4. The molecule has 0 radical (unpaired) electrons. The first kappa shape index (κ1) is 21.1. The molecule has 0 saturated heterocycles. The van der Waals surface area contributed by atoms with Gasteiger partial charge in [0.05, 0.1) is 5.60 Å². The number of nitrogens with one attached hydrogen (secondary N) is 1. The molecule has 0 bridgehead atoms. The van der Waals surface area contributed by atoms with Gasteiger partial charge in [0.15, 0.2) is 0 Å². The van der Waals surface area contributed by atoms with Crippen LogP contribution in [0.1, 0.15) is 46.5 Å². The topological polar surface area (TPSA) is 49.3 Å². The van der Waals surface area contributed by atoms with E-state index in [1.807, 2.05) is 63.3 Å². The molecule has 0 saturated carbocycles. The molecular weight excluding hydrogens is 286 g/mol. The molecule has 128 valence electrons. The Labute approximate surface area is 141 Å². The average molecular weight is 317 g/mol. The lowest BCUT2D eigenvalue weighted by molar-refractivity contribution is -0.117. The van der Waals surface area contributed by atoms with Gasteiger partial charge in [-0.05, 0) is 32.6 Å². The minimum absolute atomic E-state index is 0.177. The molecule has 0 aliphatic heterocycles. The highest BCUT2D eigenvalue weighted by Gasteiger charge is 2.21. The number of unbranched alkanes of at least 4 members (excludes halogenated alkanes) is 1. The summed E-state index contributed by atoms with van der Waals surface area (Å²) in [4.78, 5) is 11.6. The summed E-state index contributed by atoms with van der Waals surface area (Å²) in [7, 11) is 0. The lowest BCUT2D eigenvalue weighted by atomic mass is 9.98. The number of amides is 1. The van der Waals surface area contributed by atoms with Crippen LogP contribution in [-0.4, -0.2) is 23.2 Å². The van der Waals surface area contributed by atoms with Crippen LogP contribution >= 0.6 is 0 Å². The third-order valence-corrected chi connectivity index (χ3v) is 3.56. The van der Waals surface area contributed by atoms with E-state index in [9.17, 15) is 9.90 Å². The fraction of sp³-hybridized carbons (Fsp3) is 0.450. The Balaban J connectivity index is 3.89. The maximum Gasteiger partial charge on any atom is 0.244 e. The van der Waals surface area contributed by atoms with Gasteiger partial charge in [0.1, 0.15) is 0 Å². The van der Waals surface area contributed by atoms with Crippen molar-refractivity contribution >= 4 is 5.91 Å². The number of allylic oxidation sites excluding steroid dienone is 9. The van der Waals surface area contributed by atoms with Crippen LogP contribution in [-0.2, 0) is 4.79 Å².